The van der Waals surface area contributed by atoms with Crippen molar-refractivity contribution in [2.75, 3.05) is 13.1 Å². The molecule has 152 valence electrons. The number of rotatable bonds is 8. The molecule has 2 aromatic heterocycles. The summed E-state index contributed by atoms with van der Waals surface area (Å²) in [5, 5.41) is 20.9. The van der Waals surface area contributed by atoms with E-state index < -0.39 is 42.2 Å². The third-order valence-electron chi connectivity index (χ3n) is 3.56. The first kappa shape index (κ1) is 20.9. The van der Waals surface area contributed by atoms with Gasteiger partial charge in [-0.3, -0.25) is 19.0 Å². The van der Waals surface area contributed by atoms with Gasteiger partial charge < -0.3 is 15.7 Å². The lowest BCUT2D eigenvalue weighted by atomic mass is 10.3. The predicted molar refractivity (Wildman–Crippen MR) is 87.1 cm³/mol. The summed E-state index contributed by atoms with van der Waals surface area (Å²) >= 11 is 0. The van der Waals surface area contributed by atoms with Crippen molar-refractivity contribution < 1.29 is 32.7 Å². The van der Waals surface area contributed by atoms with E-state index >= 15 is 0 Å². The van der Waals surface area contributed by atoms with Crippen LogP contribution in [0, 0.1) is 0 Å². The molecule has 0 aliphatic heterocycles. The van der Waals surface area contributed by atoms with Crippen LogP contribution in [0.25, 0.3) is 0 Å². The van der Waals surface area contributed by atoms with Gasteiger partial charge in [0.2, 0.25) is 5.91 Å². The first-order valence-electron chi connectivity index (χ1n) is 8.01. The fourth-order valence-corrected chi connectivity index (χ4v) is 2.06. The molecule has 0 aliphatic carbocycles. The fraction of sp³-hybridized carbons (Fsp3) is 0.400. The third-order valence-corrected chi connectivity index (χ3v) is 3.56. The summed E-state index contributed by atoms with van der Waals surface area (Å²) in [6.45, 7) is 1.08. The second kappa shape index (κ2) is 8.54. The Balaban J connectivity index is 1.73. The number of aromatic nitrogens is 4. The molecule has 0 saturated heterocycles. The normalized spacial score (nSPS) is 12.4. The molecule has 10 nitrogen and oxygen atoms in total. The molecule has 0 fully saturated rings. The van der Waals surface area contributed by atoms with Gasteiger partial charge in [0.05, 0.1) is 0 Å². The van der Waals surface area contributed by atoms with Crippen LogP contribution in [0.2, 0.25) is 0 Å². The maximum absolute atomic E-state index is 12.4. The molecule has 0 radical (unpaired) electrons. The summed E-state index contributed by atoms with van der Waals surface area (Å²) in [6.07, 6.45) is -2.19. The number of hydrogen-bond donors (Lipinski definition) is 3. The van der Waals surface area contributed by atoms with Crippen LogP contribution in [0.15, 0.2) is 24.5 Å². The molecule has 0 aromatic carbocycles. The standard InChI is InChI=1S/C15H17F3N6O4/c1-9(14(27)28)24-7-2-10(21-24)13(26)20-5-4-19-12(25)8-23-6-3-11(22-23)15(16,17)18/h2-3,6-7,9H,4-5,8H2,1H3,(H,19,25)(H,20,26)(H,27,28). The maximum atomic E-state index is 12.4. The number of nitrogens with one attached hydrogen (secondary N) is 2. The van der Waals surface area contributed by atoms with Gasteiger partial charge in [0.25, 0.3) is 5.91 Å². The Morgan fingerprint density at radius 1 is 1.14 bits per heavy atom. The van der Waals surface area contributed by atoms with Crippen molar-refractivity contribution in [2.45, 2.75) is 25.7 Å². The summed E-state index contributed by atoms with van der Waals surface area (Å²) in [5.74, 6) is -2.24. The van der Waals surface area contributed by atoms with Gasteiger partial charge in [0.15, 0.2) is 5.69 Å². The van der Waals surface area contributed by atoms with Crippen molar-refractivity contribution in [3.8, 4) is 0 Å². The molecule has 0 bridgehead atoms. The smallest absolute Gasteiger partial charge is 0.435 e. The first-order chi connectivity index (χ1) is 13.1. The number of amides is 2. The average molecular weight is 402 g/mol. The summed E-state index contributed by atoms with van der Waals surface area (Å²) in [4.78, 5) is 34.5. The molecule has 1 atom stereocenters. The Labute approximate surface area is 156 Å². The number of aliphatic carboxylic acids is 1. The number of halogens is 3. The second-order valence-electron chi connectivity index (χ2n) is 5.70. The van der Waals surface area contributed by atoms with Gasteiger partial charge in [0.1, 0.15) is 18.3 Å². The van der Waals surface area contributed by atoms with E-state index in [1.54, 1.807) is 0 Å². The van der Waals surface area contributed by atoms with Gasteiger partial charge in [-0.25, -0.2) is 4.79 Å². The monoisotopic (exact) mass is 402 g/mol. The molecular weight excluding hydrogens is 385 g/mol. The van der Waals surface area contributed by atoms with Gasteiger partial charge >= 0.3 is 12.1 Å². The third kappa shape index (κ3) is 5.56. The van der Waals surface area contributed by atoms with Crippen molar-refractivity contribution in [1.82, 2.24) is 30.2 Å². The summed E-state index contributed by atoms with van der Waals surface area (Å²) in [6, 6.07) is 1.18. The van der Waals surface area contributed by atoms with Crippen molar-refractivity contribution in [2.24, 2.45) is 0 Å². The molecule has 0 spiro atoms. The zero-order valence-electron chi connectivity index (χ0n) is 14.6. The largest absolute Gasteiger partial charge is 0.480 e. The van der Waals surface area contributed by atoms with E-state index in [4.69, 9.17) is 5.11 Å². The quantitative estimate of drug-likeness (QED) is 0.544. The minimum absolute atomic E-state index is 0.00986. The molecule has 2 amide bonds. The minimum atomic E-state index is -4.58. The Morgan fingerprint density at radius 3 is 2.43 bits per heavy atom. The minimum Gasteiger partial charge on any atom is -0.480 e. The number of carbonyl (C=O) groups is 3. The molecule has 28 heavy (non-hydrogen) atoms. The topological polar surface area (TPSA) is 131 Å². The van der Waals surface area contributed by atoms with Crippen LogP contribution in [-0.2, 0) is 22.3 Å². The SMILES string of the molecule is CC(C(=O)O)n1ccc(C(=O)NCCNC(=O)Cn2ccc(C(F)(F)F)n2)n1. The number of alkyl halides is 3. The van der Waals surface area contributed by atoms with E-state index in [0.29, 0.717) is 0 Å². The summed E-state index contributed by atoms with van der Waals surface area (Å²) in [7, 11) is 0. The second-order valence-corrected chi connectivity index (χ2v) is 5.70. The Kier molecular flexibility index (Phi) is 6.38. The van der Waals surface area contributed by atoms with E-state index in [0.717, 1.165) is 21.6 Å². The van der Waals surface area contributed by atoms with Crippen molar-refractivity contribution in [3.05, 3.63) is 35.9 Å². The molecule has 1 unspecified atom stereocenters. The van der Waals surface area contributed by atoms with E-state index in [1.807, 2.05) is 0 Å². The molecule has 2 heterocycles. The van der Waals surface area contributed by atoms with Crippen LogP contribution in [0.1, 0.15) is 29.1 Å². The first-order valence-corrected chi connectivity index (χ1v) is 8.01. The van der Waals surface area contributed by atoms with Gasteiger partial charge in [-0.05, 0) is 19.1 Å². The maximum Gasteiger partial charge on any atom is 0.435 e. The van der Waals surface area contributed by atoms with E-state index in [2.05, 4.69) is 20.8 Å². The zero-order chi connectivity index (χ0) is 20.9. The van der Waals surface area contributed by atoms with Crippen LogP contribution in [0.4, 0.5) is 13.2 Å². The molecular formula is C15H17F3N6O4. The average Bonchev–Trinajstić information content (AvgIpc) is 3.26. The number of nitrogens with zero attached hydrogens (tertiary/aromatic N) is 4. The number of hydrogen-bond acceptors (Lipinski definition) is 5. The number of carboxylic acids is 1. The Hall–Kier alpha value is -3.38. The molecule has 0 saturated carbocycles. The lowest BCUT2D eigenvalue weighted by Gasteiger charge is -2.07. The van der Waals surface area contributed by atoms with Crippen LogP contribution >= 0.6 is 0 Å². The van der Waals surface area contributed by atoms with E-state index in [-0.39, 0.29) is 18.8 Å². The van der Waals surface area contributed by atoms with E-state index in [1.165, 1.54) is 19.2 Å². The van der Waals surface area contributed by atoms with Gasteiger partial charge in [-0.2, -0.15) is 23.4 Å². The van der Waals surface area contributed by atoms with Gasteiger partial charge in [0, 0.05) is 25.5 Å². The fourth-order valence-electron chi connectivity index (χ4n) is 2.06. The predicted octanol–water partition coefficient (Wildman–Crippen LogP) is 0.290. The zero-order valence-corrected chi connectivity index (χ0v) is 14.6. The Morgan fingerprint density at radius 2 is 1.82 bits per heavy atom. The Bertz CT molecular complexity index is 860. The lowest BCUT2D eigenvalue weighted by Crippen LogP contribution is -2.36. The van der Waals surface area contributed by atoms with E-state index in [9.17, 15) is 27.6 Å². The highest BCUT2D eigenvalue weighted by Gasteiger charge is 2.33. The van der Waals surface area contributed by atoms with Crippen LogP contribution in [0.3, 0.4) is 0 Å². The van der Waals surface area contributed by atoms with Gasteiger partial charge in [-0.1, -0.05) is 0 Å². The molecule has 3 N–H and O–H groups in total. The van der Waals surface area contributed by atoms with Crippen LogP contribution in [0.5, 0.6) is 0 Å². The molecule has 0 aliphatic rings. The molecule has 2 aromatic rings. The van der Waals surface area contributed by atoms with Crippen molar-refractivity contribution >= 4 is 17.8 Å². The summed E-state index contributed by atoms with van der Waals surface area (Å²) in [5.41, 5.74) is -1.08. The highest BCUT2D eigenvalue weighted by atomic mass is 19.4. The number of carboxylic acid groups (broad SMARTS) is 1. The molecule has 2 rings (SSSR count). The number of carbonyl (C=O) groups excluding carboxylic acids is 2. The lowest BCUT2D eigenvalue weighted by molar-refractivity contribution is -0.142. The van der Waals surface area contributed by atoms with Crippen LogP contribution in [-0.4, -0.2) is 55.5 Å². The van der Waals surface area contributed by atoms with Crippen molar-refractivity contribution in [3.63, 3.8) is 0 Å². The highest BCUT2D eigenvalue weighted by Crippen LogP contribution is 2.27. The van der Waals surface area contributed by atoms with Crippen LogP contribution < -0.4 is 10.6 Å². The molecule has 13 heteroatoms. The van der Waals surface area contributed by atoms with Gasteiger partial charge in [-0.15, -0.1) is 0 Å². The highest BCUT2D eigenvalue weighted by molar-refractivity contribution is 5.92. The summed E-state index contributed by atoms with van der Waals surface area (Å²) < 4.78 is 39.3. The van der Waals surface area contributed by atoms with Crippen molar-refractivity contribution in [1.29, 1.82) is 0 Å².